The fraction of sp³-hybridized carbons (Fsp3) is 0.200. The number of H-pyrrole nitrogens is 2. The third-order valence-corrected chi connectivity index (χ3v) is 3.66. The summed E-state index contributed by atoms with van der Waals surface area (Å²) in [6.07, 6.45) is 1.84. The van der Waals surface area contributed by atoms with E-state index >= 15 is 0 Å². The summed E-state index contributed by atoms with van der Waals surface area (Å²) in [4.78, 5) is 39.1. The Morgan fingerprint density at radius 2 is 1.96 bits per heavy atom. The predicted molar refractivity (Wildman–Crippen MR) is 90.6 cm³/mol. The Morgan fingerprint density at radius 1 is 1.26 bits per heavy atom. The molecule has 0 aliphatic heterocycles. The molecule has 0 unspecified atom stereocenters. The molecule has 0 aliphatic rings. The van der Waals surface area contributed by atoms with Gasteiger partial charge < -0.3 is 4.98 Å². The molecule has 7 nitrogen and oxygen atoms in total. The van der Waals surface area contributed by atoms with Gasteiger partial charge in [0.15, 0.2) is 0 Å². The van der Waals surface area contributed by atoms with Crippen LogP contribution in [0.5, 0.6) is 0 Å². The topological polar surface area (TPSA) is 107 Å². The number of benzene rings is 1. The molecule has 0 saturated heterocycles. The van der Waals surface area contributed by atoms with E-state index in [1.807, 2.05) is 24.3 Å². The van der Waals surface area contributed by atoms with Gasteiger partial charge in [-0.3, -0.25) is 14.6 Å². The third-order valence-electron chi connectivity index (χ3n) is 3.13. The molecular formula is C15H15BrN4O3. The van der Waals surface area contributed by atoms with Gasteiger partial charge >= 0.3 is 5.69 Å². The van der Waals surface area contributed by atoms with E-state index in [4.69, 9.17) is 0 Å². The Hall–Kier alpha value is -2.48. The summed E-state index contributed by atoms with van der Waals surface area (Å²) >= 11 is 3.33. The Morgan fingerprint density at radius 3 is 2.61 bits per heavy atom. The number of rotatable bonds is 5. The number of carbonyl (C=O) groups is 1. The van der Waals surface area contributed by atoms with E-state index < -0.39 is 11.2 Å². The fourth-order valence-corrected chi connectivity index (χ4v) is 2.21. The highest BCUT2D eigenvalue weighted by Gasteiger charge is 2.08. The van der Waals surface area contributed by atoms with E-state index in [0.29, 0.717) is 11.3 Å². The lowest BCUT2D eigenvalue weighted by Crippen LogP contribution is -2.28. The van der Waals surface area contributed by atoms with E-state index in [0.717, 1.165) is 10.0 Å². The molecular weight excluding hydrogens is 364 g/mol. The van der Waals surface area contributed by atoms with Crippen LogP contribution >= 0.6 is 15.9 Å². The first-order valence-corrected chi connectivity index (χ1v) is 7.64. The first-order chi connectivity index (χ1) is 11.0. The predicted octanol–water partition coefficient (Wildman–Crippen LogP) is 1.22. The van der Waals surface area contributed by atoms with Gasteiger partial charge in [-0.15, -0.1) is 0 Å². The van der Waals surface area contributed by atoms with Crippen LogP contribution in [0.15, 0.2) is 43.4 Å². The smallest absolute Gasteiger partial charge is 0.311 e. The molecule has 1 aromatic heterocycles. The lowest BCUT2D eigenvalue weighted by atomic mass is 10.1. The second-order valence-corrected chi connectivity index (χ2v) is 5.77. The largest absolute Gasteiger partial charge is 0.325 e. The number of carbonyl (C=O) groups excluding carboxylic acids is 1. The Bertz CT molecular complexity index is 837. The molecule has 2 rings (SSSR count). The zero-order valence-corrected chi connectivity index (χ0v) is 13.9. The van der Waals surface area contributed by atoms with E-state index in [1.165, 1.54) is 6.21 Å². The van der Waals surface area contributed by atoms with Gasteiger partial charge in [-0.2, -0.15) is 5.10 Å². The summed E-state index contributed by atoms with van der Waals surface area (Å²) in [5, 5.41) is 3.86. The quantitative estimate of drug-likeness (QED) is 0.537. The molecule has 3 N–H and O–H groups in total. The number of hydrogen-bond acceptors (Lipinski definition) is 4. The maximum absolute atomic E-state index is 11.7. The zero-order valence-electron chi connectivity index (χ0n) is 12.4. The molecule has 0 saturated carbocycles. The molecule has 1 amide bonds. The first kappa shape index (κ1) is 16.9. The summed E-state index contributed by atoms with van der Waals surface area (Å²) < 4.78 is 0.958. The maximum atomic E-state index is 11.7. The van der Waals surface area contributed by atoms with Crippen molar-refractivity contribution >= 4 is 28.1 Å². The van der Waals surface area contributed by atoms with Gasteiger partial charge in [0, 0.05) is 22.2 Å². The Labute approximate surface area is 140 Å². The summed E-state index contributed by atoms with van der Waals surface area (Å²) in [5.74, 6) is -0.316. The van der Waals surface area contributed by atoms with Gasteiger partial charge in [0.25, 0.3) is 5.56 Å². The summed E-state index contributed by atoms with van der Waals surface area (Å²) in [5.41, 5.74) is 3.07. The van der Waals surface area contributed by atoms with Crippen molar-refractivity contribution in [3.05, 3.63) is 66.4 Å². The molecule has 0 fully saturated rings. The number of aromatic amines is 2. The fourth-order valence-electron chi connectivity index (χ4n) is 1.95. The number of aryl methyl sites for hydroxylation is 1. The molecule has 0 radical (unpaired) electrons. The lowest BCUT2D eigenvalue weighted by Gasteiger charge is -2.03. The lowest BCUT2D eigenvalue weighted by molar-refractivity contribution is -0.121. The molecule has 8 heteroatoms. The monoisotopic (exact) mass is 378 g/mol. The average molecular weight is 379 g/mol. The van der Waals surface area contributed by atoms with Gasteiger partial charge in [0.05, 0.1) is 6.21 Å². The van der Waals surface area contributed by atoms with Crippen molar-refractivity contribution in [2.45, 2.75) is 19.8 Å². The number of halogens is 1. The molecule has 120 valence electrons. The van der Waals surface area contributed by atoms with Crippen LogP contribution in [-0.4, -0.2) is 22.1 Å². The van der Waals surface area contributed by atoms with Crippen LogP contribution in [0.1, 0.15) is 23.2 Å². The van der Waals surface area contributed by atoms with Gasteiger partial charge in [-0.05, 0) is 31.0 Å². The summed E-state index contributed by atoms with van der Waals surface area (Å²) in [6, 6.07) is 7.44. The second kappa shape index (κ2) is 7.68. The number of amides is 1. The highest BCUT2D eigenvalue weighted by Crippen LogP contribution is 2.08. The summed E-state index contributed by atoms with van der Waals surface area (Å²) in [7, 11) is 0. The average Bonchev–Trinajstić information content (AvgIpc) is 2.48. The third kappa shape index (κ3) is 5.03. The van der Waals surface area contributed by atoms with Crippen molar-refractivity contribution in [2.75, 3.05) is 0 Å². The van der Waals surface area contributed by atoms with Gasteiger partial charge in [0.2, 0.25) is 5.91 Å². The number of nitrogens with zero attached hydrogens (tertiary/aromatic N) is 1. The van der Waals surface area contributed by atoms with Crippen molar-refractivity contribution in [3.63, 3.8) is 0 Å². The van der Waals surface area contributed by atoms with Crippen molar-refractivity contribution in [2.24, 2.45) is 5.10 Å². The molecule has 23 heavy (non-hydrogen) atoms. The molecule has 1 aromatic carbocycles. The number of aromatic nitrogens is 2. The van der Waals surface area contributed by atoms with E-state index in [1.54, 1.807) is 6.92 Å². The van der Waals surface area contributed by atoms with E-state index in [2.05, 4.69) is 36.4 Å². The standard InChI is InChI=1S/C15H15BrN4O3/c1-9-12(14(22)19-15(23)18-9)6-7-13(21)20-17-8-10-2-4-11(16)5-3-10/h2-5,8H,6-7H2,1H3,(H,20,21)(H2,18,19,22,23)/b17-8+. The molecule has 2 aromatic rings. The van der Waals surface area contributed by atoms with Gasteiger partial charge in [-0.1, -0.05) is 28.1 Å². The Balaban J connectivity index is 1.89. The summed E-state index contributed by atoms with van der Waals surface area (Å²) in [6.45, 7) is 1.62. The van der Waals surface area contributed by atoms with Gasteiger partial charge in [0.1, 0.15) is 0 Å². The normalized spacial score (nSPS) is 10.9. The van der Waals surface area contributed by atoms with Crippen LogP contribution in [0.4, 0.5) is 0 Å². The maximum Gasteiger partial charge on any atom is 0.325 e. The number of nitrogens with one attached hydrogen (secondary N) is 3. The molecule has 0 atom stereocenters. The minimum Gasteiger partial charge on any atom is -0.311 e. The molecule has 0 spiro atoms. The highest BCUT2D eigenvalue weighted by atomic mass is 79.9. The molecule has 0 bridgehead atoms. The Kier molecular flexibility index (Phi) is 5.64. The first-order valence-electron chi connectivity index (χ1n) is 6.85. The van der Waals surface area contributed by atoms with Crippen LogP contribution < -0.4 is 16.7 Å². The molecule has 0 aliphatic carbocycles. The molecule has 1 heterocycles. The van der Waals surface area contributed by atoms with Crippen molar-refractivity contribution in [3.8, 4) is 0 Å². The van der Waals surface area contributed by atoms with Crippen LogP contribution in [0, 0.1) is 6.92 Å². The van der Waals surface area contributed by atoms with Crippen molar-refractivity contribution < 1.29 is 4.79 Å². The van der Waals surface area contributed by atoms with Crippen molar-refractivity contribution in [1.29, 1.82) is 0 Å². The highest BCUT2D eigenvalue weighted by molar-refractivity contribution is 9.10. The second-order valence-electron chi connectivity index (χ2n) is 4.86. The van der Waals surface area contributed by atoms with Crippen LogP contribution in [0.2, 0.25) is 0 Å². The number of hydrogen-bond donors (Lipinski definition) is 3. The minimum atomic E-state index is -0.556. The van der Waals surface area contributed by atoms with E-state index in [9.17, 15) is 14.4 Å². The van der Waals surface area contributed by atoms with Crippen LogP contribution in [0.3, 0.4) is 0 Å². The van der Waals surface area contributed by atoms with Crippen LogP contribution in [0.25, 0.3) is 0 Å². The van der Waals surface area contributed by atoms with Crippen molar-refractivity contribution in [1.82, 2.24) is 15.4 Å². The van der Waals surface area contributed by atoms with Gasteiger partial charge in [-0.25, -0.2) is 10.2 Å². The van der Waals surface area contributed by atoms with Crippen LogP contribution in [-0.2, 0) is 11.2 Å². The van der Waals surface area contributed by atoms with E-state index in [-0.39, 0.29) is 18.7 Å². The number of hydrazone groups is 1. The zero-order chi connectivity index (χ0) is 16.8. The SMILES string of the molecule is Cc1[nH]c(=O)[nH]c(=O)c1CCC(=O)N/N=C/c1ccc(Br)cc1. The minimum absolute atomic E-state index is 0.0909.